The van der Waals surface area contributed by atoms with Gasteiger partial charge in [-0.05, 0) is 43.2 Å². The zero-order valence-corrected chi connectivity index (χ0v) is 14.8. The van der Waals surface area contributed by atoms with Gasteiger partial charge < -0.3 is 10.1 Å². The van der Waals surface area contributed by atoms with E-state index in [0.717, 1.165) is 5.56 Å². The molecule has 0 saturated heterocycles. The van der Waals surface area contributed by atoms with Gasteiger partial charge >= 0.3 is 5.97 Å². The molecule has 1 atom stereocenters. The van der Waals surface area contributed by atoms with Crippen LogP contribution in [0.3, 0.4) is 0 Å². The molecule has 0 aromatic heterocycles. The topological polar surface area (TPSA) is 55.4 Å². The molecule has 26 heavy (non-hydrogen) atoms. The van der Waals surface area contributed by atoms with Crippen molar-refractivity contribution in [3.63, 3.8) is 0 Å². The standard InChI is InChI=1S/C21H22FNO3/c1-15(2)26-21(25)14-19(17-6-4-3-5-7-17)23-20(24)13-10-16-8-11-18(22)12-9-16/h3-13,15,19H,14H2,1-2H3,(H,23,24)/b13-10+. The minimum atomic E-state index is -0.493. The summed E-state index contributed by atoms with van der Waals surface area (Å²) in [6.07, 6.45) is 2.77. The molecule has 0 heterocycles. The maximum Gasteiger partial charge on any atom is 0.308 e. The molecule has 0 saturated carbocycles. The first-order chi connectivity index (χ1) is 12.4. The Labute approximate surface area is 152 Å². The summed E-state index contributed by atoms with van der Waals surface area (Å²) in [5.41, 5.74) is 1.52. The summed E-state index contributed by atoms with van der Waals surface area (Å²) in [6, 6.07) is 14.6. The summed E-state index contributed by atoms with van der Waals surface area (Å²) in [6.45, 7) is 3.55. The van der Waals surface area contributed by atoms with Crippen LogP contribution in [0.2, 0.25) is 0 Å². The molecule has 136 valence electrons. The number of benzene rings is 2. The maximum absolute atomic E-state index is 12.9. The number of hydrogen-bond donors (Lipinski definition) is 1. The molecule has 0 bridgehead atoms. The molecule has 0 spiro atoms. The van der Waals surface area contributed by atoms with Gasteiger partial charge in [-0.1, -0.05) is 42.5 Å². The summed E-state index contributed by atoms with van der Waals surface area (Å²) >= 11 is 0. The van der Waals surface area contributed by atoms with Crippen LogP contribution >= 0.6 is 0 Å². The number of halogens is 1. The number of ether oxygens (including phenoxy) is 1. The smallest absolute Gasteiger partial charge is 0.308 e. The highest BCUT2D eigenvalue weighted by Crippen LogP contribution is 2.18. The lowest BCUT2D eigenvalue weighted by Gasteiger charge is -2.18. The highest BCUT2D eigenvalue weighted by atomic mass is 19.1. The minimum Gasteiger partial charge on any atom is -0.463 e. The van der Waals surface area contributed by atoms with Crippen molar-refractivity contribution in [1.82, 2.24) is 5.32 Å². The predicted molar refractivity (Wildman–Crippen MR) is 98.6 cm³/mol. The monoisotopic (exact) mass is 355 g/mol. The lowest BCUT2D eigenvalue weighted by molar-refractivity contribution is -0.148. The molecule has 2 aromatic rings. The van der Waals surface area contributed by atoms with Crippen LogP contribution in [0.15, 0.2) is 60.7 Å². The maximum atomic E-state index is 12.9. The summed E-state index contributed by atoms with van der Waals surface area (Å²) < 4.78 is 18.1. The van der Waals surface area contributed by atoms with E-state index in [2.05, 4.69) is 5.32 Å². The van der Waals surface area contributed by atoms with E-state index in [4.69, 9.17) is 4.74 Å². The quantitative estimate of drug-likeness (QED) is 0.602. The van der Waals surface area contributed by atoms with Gasteiger partial charge in [0.05, 0.1) is 18.6 Å². The van der Waals surface area contributed by atoms with Gasteiger partial charge in [0.15, 0.2) is 0 Å². The average Bonchev–Trinajstić information content (AvgIpc) is 2.61. The highest BCUT2D eigenvalue weighted by Gasteiger charge is 2.19. The number of esters is 1. The fourth-order valence-corrected chi connectivity index (χ4v) is 2.38. The molecule has 0 fully saturated rings. The van der Waals surface area contributed by atoms with E-state index in [9.17, 15) is 14.0 Å². The third kappa shape index (κ3) is 6.51. The van der Waals surface area contributed by atoms with Gasteiger partial charge in [0.25, 0.3) is 0 Å². The second kappa shape index (κ2) is 9.51. The van der Waals surface area contributed by atoms with E-state index in [1.807, 2.05) is 30.3 Å². The Bertz CT molecular complexity index is 755. The first kappa shape index (κ1) is 19.4. The normalized spacial score (nSPS) is 12.2. The average molecular weight is 355 g/mol. The molecule has 0 aliphatic rings. The van der Waals surface area contributed by atoms with Crippen LogP contribution in [0.5, 0.6) is 0 Å². The summed E-state index contributed by atoms with van der Waals surface area (Å²) in [4.78, 5) is 24.2. The van der Waals surface area contributed by atoms with Gasteiger partial charge in [-0.25, -0.2) is 4.39 Å². The molecule has 1 amide bonds. The summed E-state index contributed by atoms with van der Waals surface area (Å²) in [7, 11) is 0. The van der Waals surface area contributed by atoms with Gasteiger partial charge in [-0.2, -0.15) is 0 Å². The molecule has 2 rings (SSSR count). The van der Waals surface area contributed by atoms with E-state index in [1.54, 1.807) is 32.1 Å². The van der Waals surface area contributed by atoms with Crippen molar-refractivity contribution in [3.8, 4) is 0 Å². The number of carbonyl (C=O) groups is 2. The number of hydrogen-bond acceptors (Lipinski definition) is 3. The molecule has 5 heteroatoms. The van der Waals surface area contributed by atoms with Crippen molar-refractivity contribution >= 4 is 18.0 Å². The van der Waals surface area contributed by atoms with E-state index < -0.39 is 6.04 Å². The van der Waals surface area contributed by atoms with Gasteiger partial charge in [-0.3, -0.25) is 9.59 Å². The Morgan fingerprint density at radius 1 is 1.08 bits per heavy atom. The Morgan fingerprint density at radius 2 is 1.73 bits per heavy atom. The molecule has 0 radical (unpaired) electrons. The van der Waals surface area contributed by atoms with Crippen molar-refractivity contribution in [2.45, 2.75) is 32.4 Å². The van der Waals surface area contributed by atoms with Crippen molar-refractivity contribution in [2.75, 3.05) is 0 Å². The number of rotatable bonds is 7. The second-order valence-corrected chi connectivity index (χ2v) is 6.10. The Hall–Kier alpha value is -2.95. The molecule has 0 aliphatic heterocycles. The lowest BCUT2D eigenvalue weighted by Crippen LogP contribution is -2.29. The fraction of sp³-hybridized carbons (Fsp3) is 0.238. The Morgan fingerprint density at radius 3 is 2.35 bits per heavy atom. The molecule has 1 unspecified atom stereocenters. The van der Waals surface area contributed by atoms with Crippen molar-refractivity contribution in [1.29, 1.82) is 0 Å². The third-order valence-electron chi connectivity index (χ3n) is 3.55. The van der Waals surface area contributed by atoms with Crippen LogP contribution in [0.25, 0.3) is 6.08 Å². The van der Waals surface area contributed by atoms with Gasteiger partial charge in [0.2, 0.25) is 5.91 Å². The van der Waals surface area contributed by atoms with Crippen molar-refractivity contribution < 1.29 is 18.7 Å². The Kier molecular flexibility index (Phi) is 7.09. The molecule has 0 aliphatic carbocycles. The molecular formula is C21H22FNO3. The van der Waals surface area contributed by atoms with Crippen LogP contribution in [-0.4, -0.2) is 18.0 Å². The van der Waals surface area contributed by atoms with Crippen LogP contribution < -0.4 is 5.32 Å². The number of amides is 1. The SMILES string of the molecule is CC(C)OC(=O)CC(NC(=O)/C=C/c1ccc(F)cc1)c1ccccc1. The first-order valence-electron chi connectivity index (χ1n) is 8.42. The molecule has 2 aromatic carbocycles. The van der Waals surface area contributed by atoms with Gasteiger partial charge in [0.1, 0.15) is 5.82 Å². The van der Waals surface area contributed by atoms with E-state index in [-0.39, 0.29) is 30.2 Å². The van der Waals surface area contributed by atoms with E-state index in [1.165, 1.54) is 18.2 Å². The molecule has 4 nitrogen and oxygen atoms in total. The largest absolute Gasteiger partial charge is 0.463 e. The lowest BCUT2D eigenvalue weighted by atomic mass is 10.0. The zero-order chi connectivity index (χ0) is 18.9. The van der Waals surface area contributed by atoms with Crippen LogP contribution in [0.1, 0.15) is 37.4 Å². The van der Waals surface area contributed by atoms with Crippen LogP contribution in [0, 0.1) is 5.82 Å². The van der Waals surface area contributed by atoms with E-state index >= 15 is 0 Å². The summed E-state index contributed by atoms with van der Waals surface area (Å²) in [5, 5.41) is 2.82. The minimum absolute atomic E-state index is 0.0400. The molecule has 1 N–H and O–H groups in total. The van der Waals surface area contributed by atoms with Gasteiger partial charge in [-0.15, -0.1) is 0 Å². The third-order valence-corrected chi connectivity index (χ3v) is 3.55. The first-order valence-corrected chi connectivity index (χ1v) is 8.42. The number of nitrogens with one attached hydrogen (secondary N) is 1. The van der Waals surface area contributed by atoms with Crippen LogP contribution in [-0.2, 0) is 14.3 Å². The second-order valence-electron chi connectivity index (χ2n) is 6.10. The van der Waals surface area contributed by atoms with E-state index in [0.29, 0.717) is 5.56 Å². The zero-order valence-electron chi connectivity index (χ0n) is 14.8. The van der Waals surface area contributed by atoms with Gasteiger partial charge in [0, 0.05) is 6.08 Å². The predicted octanol–water partition coefficient (Wildman–Crippen LogP) is 4.04. The number of carbonyl (C=O) groups excluding carboxylic acids is 2. The highest BCUT2D eigenvalue weighted by molar-refractivity contribution is 5.92. The fourth-order valence-electron chi connectivity index (χ4n) is 2.38. The van der Waals surface area contributed by atoms with Crippen LogP contribution in [0.4, 0.5) is 4.39 Å². The molecular weight excluding hydrogens is 333 g/mol. The summed E-state index contributed by atoms with van der Waals surface area (Å²) in [5.74, 6) is -1.06. The van der Waals surface area contributed by atoms with Crippen molar-refractivity contribution in [3.05, 3.63) is 77.6 Å². The van der Waals surface area contributed by atoms with Crippen molar-refractivity contribution in [2.24, 2.45) is 0 Å². The Balaban J connectivity index is 2.06.